The van der Waals surface area contributed by atoms with Crippen molar-refractivity contribution >= 4 is 0 Å². The van der Waals surface area contributed by atoms with Crippen LogP contribution in [0.2, 0.25) is 0 Å². The van der Waals surface area contributed by atoms with Crippen molar-refractivity contribution in [3.05, 3.63) is 48.6 Å². The minimum atomic E-state index is -0.308. The van der Waals surface area contributed by atoms with Gasteiger partial charge >= 0.3 is 0 Å². The van der Waals surface area contributed by atoms with Crippen LogP contribution in [0, 0.1) is 11.8 Å². The van der Waals surface area contributed by atoms with E-state index in [4.69, 9.17) is 9.47 Å². The molecule has 0 aromatic rings. The largest absolute Gasteiger partial charge is 0.344 e. The van der Waals surface area contributed by atoms with Gasteiger partial charge in [-0.2, -0.15) is 0 Å². The van der Waals surface area contributed by atoms with Gasteiger partial charge in [0.05, 0.1) is 12.2 Å². The zero-order chi connectivity index (χ0) is 34.8. The number of fused-ring (bicyclic) bond motifs is 5. The molecule has 0 radical (unpaired) electrons. The van der Waals surface area contributed by atoms with Gasteiger partial charge in [0.2, 0.25) is 0 Å². The summed E-state index contributed by atoms with van der Waals surface area (Å²) in [5, 5.41) is 0. The van der Waals surface area contributed by atoms with Crippen molar-refractivity contribution in [3.8, 4) is 0 Å². The van der Waals surface area contributed by atoms with E-state index in [1.54, 1.807) is 0 Å². The van der Waals surface area contributed by atoms with Gasteiger partial charge in [-0.3, -0.25) is 0 Å². The van der Waals surface area contributed by atoms with Crippen molar-refractivity contribution in [2.45, 2.75) is 218 Å². The Balaban J connectivity index is 1.27. The zero-order valence-corrected chi connectivity index (χ0v) is 33.1. The Hall–Kier alpha value is -1.16. The topological polar surface area (TPSA) is 21.7 Å². The lowest BCUT2D eigenvalue weighted by atomic mass is 9.90. The monoisotopic (exact) mass is 680 g/mol. The van der Waals surface area contributed by atoms with Crippen LogP contribution in [0.1, 0.15) is 194 Å². The van der Waals surface area contributed by atoms with Crippen LogP contribution < -0.4 is 0 Å². The van der Waals surface area contributed by atoms with Crippen molar-refractivity contribution in [3.63, 3.8) is 0 Å². The summed E-state index contributed by atoms with van der Waals surface area (Å²) in [5.41, 5.74) is 0. The summed E-state index contributed by atoms with van der Waals surface area (Å²) in [7, 11) is 4.52. The van der Waals surface area contributed by atoms with Crippen LogP contribution in [-0.2, 0) is 9.47 Å². The summed E-state index contributed by atoms with van der Waals surface area (Å²) >= 11 is 0. The van der Waals surface area contributed by atoms with E-state index in [1.165, 1.54) is 154 Å². The first-order valence-corrected chi connectivity index (χ1v) is 21.7. The second kappa shape index (κ2) is 26.6. The molecule has 3 nitrogen and oxygen atoms in total. The van der Waals surface area contributed by atoms with Gasteiger partial charge < -0.3 is 14.4 Å². The molecule has 2 aliphatic carbocycles. The lowest BCUT2D eigenvalue weighted by Gasteiger charge is -2.33. The second-order valence-corrected chi connectivity index (χ2v) is 16.2. The predicted molar refractivity (Wildman–Crippen MR) is 214 cm³/mol. The summed E-state index contributed by atoms with van der Waals surface area (Å²) in [6, 6.07) is 0.675. The quantitative estimate of drug-likeness (QED) is 0.0538. The van der Waals surface area contributed by atoms with Crippen LogP contribution in [0.15, 0.2) is 48.6 Å². The van der Waals surface area contributed by atoms with Gasteiger partial charge in [-0.05, 0) is 110 Å². The minimum Gasteiger partial charge on any atom is -0.344 e. The van der Waals surface area contributed by atoms with Crippen LogP contribution in [0.3, 0.4) is 0 Å². The summed E-state index contributed by atoms with van der Waals surface area (Å²) < 4.78 is 14.1. The Labute approximate surface area is 305 Å². The van der Waals surface area contributed by atoms with Crippen molar-refractivity contribution < 1.29 is 9.47 Å². The lowest BCUT2D eigenvalue weighted by Crippen LogP contribution is -2.43. The van der Waals surface area contributed by atoms with E-state index in [2.05, 4.69) is 81.5 Å². The third kappa shape index (κ3) is 16.8. The first kappa shape index (κ1) is 42.3. The summed E-state index contributed by atoms with van der Waals surface area (Å²) in [6.45, 7) is 4.55. The maximum Gasteiger partial charge on any atom is 0.169 e. The van der Waals surface area contributed by atoms with Gasteiger partial charge in [0, 0.05) is 24.8 Å². The van der Waals surface area contributed by atoms with E-state index < -0.39 is 0 Å². The minimum absolute atomic E-state index is 0.308. The first-order chi connectivity index (χ1) is 24.1. The second-order valence-electron chi connectivity index (χ2n) is 16.2. The van der Waals surface area contributed by atoms with Crippen LogP contribution in [0.4, 0.5) is 0 Å². The third-order valence-corrected chi connectivity index (χ3v) is 11.7. The lowest BCUT2D eigenvalue weighted by molar-refractivity contribution is -0.196. The molecule has 0 aromatic heterocycles. The highest BCUT2D eigenvalue weighted by Crippen LogP contribution is 2.55. The molecular weight excluding hydrogens is 599 g/mol. The Morgan fingerprint density at radius 2 is 0.898 bits per heavy atom. The van der Waals surface area contributed by atoms with Gasteiger partial charge in [-0.15, -0.1) is 0 Å². The number of unbranched alkanes of at least 4 members (excludes halogenated alkanes) is 18. The Kier molecular flexibility index (Phi) is 22.9. The molecule has 3 heteroatoms. The van der Waals surface area contributed by atoms with Crippen molar-refractivity contribution in [2.24, 2.45) is 11.8 Å². The van der Waals surface area contributed by atoms with E-state index in [0.29, 0.717) is 30.1 Å². The molecule has 1 heterocycles. The van der Waals surface area contributed by atoms with Crippen LogP contribution in [-0.4, -0.2) is 43.0 Å². The molecule has 5 atom stereocenters. The number of nitrogens with zero attached hydrogens (tertiary/aromatic N) is 1. The standard InChI is InChI=1S/C46H81NO2/c1-5-7-9-11-13-15-17-19-21-23-25-27-29-31-33-35-37-46(48-44-41-39-42(45(44)49-46)43(40-41)47(3)4)38-36-34-32-30-28-26-24-22-20-18-16-14-12-10-8-6-2/h13-16,19-22,41-45H,5-12,17-18,23-40H2,1-4H3/b15-13-,16-14-,21-19-,22-20-/t41?,42?,43-,44+,45-/m1/s1. The number of allylic oxidation sites excluding steroid dienone is 8. The van der Waals surface area contributed by atoms with E-state index in [9.17, 15) is 0 Å². The van der Waals surface area contributed by atoms with Gasteiger partial charge in [0.25, 0.3) is 0 Å². The average molecular weight is 680 g/mol. The van der Waals surface area contributed by atoms with Crippen molar-refractivity contribution in [1.29, 1.82) is 0 Å². The normalized spacial score (nSPS) is 24.7. The maximum absolute atomic E-state index is 7.06. The molecule has 3 rings (SSSR count). The zero-order valence-electron chi connectivity index (χ0n) is 33.1. The molecule has 3 fully saturated rings. The molecule has 0 amide bonds. The Morgan fingerprint density at radius 3 is 1.35 bits per heavy atom. The smallest absolute Gasteiger partial charge is 0.169 e. The SMILES string of the molecule is CCCCC/C=C\C/C=C\CCCCCCCCC1(CCCCCCCC/C=C\C/C=C\CCCCC)O[C@@H]2C3CC(C[C@H]3N(C)C)[C@@H]2O1. The molecule has 282 valence electrons. The van der Waals surface area contributed by atoms with Crippen LogP contribution in [0.5, 0.6) is 0 Å². The van der Waals surface area contributed by atoms with E-state index in [-0.39, 0.29) is 5.79 Å². The highest BCUT2D eigenvalue weighted by molar-refractivity contribution is 5.09. The maximum atomic E-state index is 7.06. The molecular formula is C46H81NO2. The van der Waals surface area contributed by atoms with Gasteiger partial charge in [-0.1, -0.05) is 140 Å². The van der Waals surface area contributed by atoms with Crippen molar-refractivity contribution in [2.75, 3.05) is 14.1 Å². The van der Waals surface area contributed by atoms with E-state index in [1.807, 2.05) is 0 Å². The fourth-order valence-corrected chi connectivity index (χ4v) is 8.78. The van der Waals surface area contributed by atoms with Crippen LogP contribution in [0.25, 0.3) is 0 Å². The Bertz CT molecular complexity index is 870. The number of hydrogen-bond donors (Lipinski definition) is 0. The van der Waals surface area contributed by atoms with E-state index >= 15 is 0 Å². The molecule has 1 aliphatic heterocycles. The molecule has 0 spiro atoms. The molecule has 1 saturated heterocycles. The van der Waals surface area contributed by atoms with Gasteiger partial charge in [-0.25, -0.2) is 0 Å². The first-order valence-electron chi connectivity index (χ1n) is 21.7. The Morgan fingerprint density at radius 1 is 0.490 bits per heavy atom. The molecule has 2 saturated carbocycles. The molecule has 3 aliphatic rings. The van der Waals surface area contributed by atoms with E-state index in [0.717, 1.165) is 25.7 Å². The van der Waals surface area contributed by atoms with Gasteiger partial charge in [0.15, 0.2) is 5.79 Å². The predicted octanol–water partition coefficient (Wildman–Crippen LogP) is 13.8. The molecule has 0 N–H and O–H groups in total. The third-order valence-electron chi connectivity index (χ3n) is 11.7. The fraction of sp³-hybridized carbons (Fsp3) is 0.826. The summed E-state index contributed by atoms with van der Waals surface area (Å²) in [5.74, 6) is 1.06. The number of rotatable bonds is 31. The number of hydrogen-bond acceptors (Lipinski definition) is 3. The number of ether oxygens (including phenoxy) is 2. The average Bonchev–Trinajstić information content (AvgIpc) is 3.79. The molecule has 2 unspecified atom stereocenters. The van der Waals surface area contributed by atoms with Crippen molar-refractivity contribution in [1.82, 2.24) is 4.90 Å². The molecule has 0 aromatic carbocycles. The van der Waals surface area contributed by atoms with Crippen LogP contribution >= 0.6 is 0 Å². The highest BCUT2D eigenvalue weighted by Gasteiger charge is 2.62. The molecule has 49 heavy (non-hydrogen) atoms. The highest BCUT2D eigenvalue weighted by atomic mass is 16.8. The van der Waals surface area contributed by atoms with Gasteiger partial charge in [0.1, 0.15) is 0 Å². The summed E-state index contributed by atoms with van der Waals surface area (Å²) in [4.78, 5) is 2.45. The summed E-state index contributed by atoms with van der Waals surface area (Å²) in [6.07, 6.45) is 55.6. The fourth-order valence-electron chi connectivity index (χ4n) is 8.78. The molecule has 2 bridgehead atoms.